The van der Waals surface area contributed by atoms with Gasteiger partial charge in [-0.15, -0.1) is 0 Å². The molecule has 13 heavy (non-hydrogen) atoms. The number of nitrogens with zero attached hydrogens (tertiary/aromatic N) is 1. The smallest absolute Gasteiger partial charge is 0.0558 e. The van der Waals surface area contributed by atoms with Gasteiger partial charge in [-0.05, 0) is 37.1 Å². The summed E-state index contributed by atoms with van der Waals surface area (Å²) in [6.45, 7) is 3.63. The van der Waals surface area contributed by atoms with Gasteiger partial charge in [-0.3, -0.25) is 0 Å². The average Bonchev–Trinajstić information content (AvgIpc) is 2.46. The number of halogens is 1. The van der Waals surface area contributed by atoms with Crippen LogP contribution in [0.2, 0.25) is 0 Å². The largest absolute Gasteiger partial charge is 0.395 e. The highest BCUT2D eigenvalue weighted by atomic mass is 79.9. The van der Waals surface area contributed by atoms with E-state index < -0.39 is 0 Å². The third kappa shape index (κ3) is 1.92. The lowest BCUT2D eigenvalue weighted by Gasteiger charge is -2.44. The molecule has 1 aliphatic carbocycles. The van der Waals surface area contributed by atoms with Crippen LogP contribution in [0.4, 0.5) is 0 Å². The number of alkyl halides is 1. The van der Waals surface area contributed by atoms with Crippen molar-refractivity contribution in [3.63, 3.8) is 0 Å². The number of aliphatic hydroxyl groups excluding tert-OH is 1. The first-order chi connectivity index (χ1) is 6.28. The van der Waals surface area contributed by atoms with Crippen LogP contribution >= 0.6 is 15.9 Å². The molecule has 2 aliphatic rings. The Bertz CT molecular complexity index is 180. The van der Waals surface area contributed by atoms with E-state index in [4.69, 9.17) is 5.11 Å². The summed E-state index contributed by atoms with van der Waals surface area (Å²) in [6.07, 6.45) is 4.16. The molecule has 1 saturated carbocycles. The minimum absolute atomic E-state index is 0.317. The zero-order valence-electron chi connectivity index (χ0n) is 8.01. The monoisotopic (exact) mass is 247 g/mol. The van der Waals surface area contributed by atoms with Crippen LogP contribution < -0.4 is 0 Å². The lowest BCUT2D eigenvalue weighted by Crippen LogP contribution is -2.40. The molecule has 1 spiro atoms. The minimum Gasteiger partial charge on any atom is -0.395 e. The lowest BCUT2D eigenvalue weighted by atomic mass is 9.62. The summed E-state index contributed by atoms with van der Waals surface area (Å²) in [5.74, 6) is 0.925. The predicted octanol–water partition coefficient (Wildman–Crippen LogP) is 1.48. The van der Waals surface area contributed by atoms with Crippen molar-refractivity contribution in [2.75, 3.05) is 31.6 Å². The third-order valence-corrected chi connectivity index (χ3v) is 4.51. The molecule has 0 unspecified atom stereocenters. The quantitative estimate of drug-likeness (QED) is 0.765. The van der Waals surface area contributed by atoms with Gasteiger partial charge in [-0.25, -0.2) is 0 Å². The van der Waals surface area contributed by atoms with E-state index in [0.29, 0.717) is 12.0 Å². The number of β-amino-alcohol motifs (C(OH)–C–C–N with tert-alkyl or cyclic N) is 1. The Hall–Kier alpha value is 0.400. The molecule has 0 aromatic rings. The fourth-order valence-corrected chi connectivity index (χ4v) is 3.43. The van der Waals surface area contributed by atoms with Crippen molar-refractivity contribution in [3.05, 3.63) is 0 Å². The van der Waals surface area contributed by atoms with E-state index in [0.717, 1.165) is 12.5 Å². The molecule has 2 nitrogen and oxygen atoms in total. The molecule has 0 aromatic carbocycles. The van der Waals surface area contributed by atoms with Gasteiger partial charge in [0.15, 0.2) is 0 Å². The van der Waals surface area contributed by atoms with Crippen molar-refractivity contribution in [2.45, 2.75) is 19.3 Å². The van der Waals surface area contributed by atoms with E-state index in [1.165, 1.54) is 37.7 Å². The first-order valence-electron chi connectivity index (χ1n) is 5.17. The fraction of sp³-hybridized carbons (Fsp3) is 1.00. The summed E-state index contributed by atoms with van der Waals surface area (Å²) in [5, 5.41) is 10.0. The number of likely N-dealkylation sites (tertiary alicyclic amines) is 1. The summed E-state index contributed by atoms with van der Waals surface area (Å²) in [5.41, 5.74) is 0.646. The zero-order chi connectivity index (χ0) is 9.31. The van der Waals surface area contributed by atoms with Gasteiger partial charge in [0.1, 0.15) is 0 Å². The van der Waals surface area contributed by atoms with Crippen LogP contribution in [0.1, 0.15) is 19.3 Å². The van der Waals surface area contributed by atoms with E-state index in [1.807, 2.05) is 0 Å². The molecule has 2 rings (SSSR count). The van der Waals surface area contributed by atoms with Gasteiger partial charge < -0.3 is 10.0 Å². The number of hydrogen-bond acceptors (Lipinski definition) is 2. The van der Waals surface area contributed by atoms with Gasteiger partial charge in [0.25, 0.3) is 0 Å². The van der Waals surface area contributed by atoms with Crippen molar-refractivity contribution in [3.8, 4) is 0 Å². The first-order valence-corrected chi connectivity index (χ1v) is 6.29. The Morgan fingerprint density at radius 3 is 2.85 bits per heavy atom. The summed E-state index contributed by atoms with van der Waals surface area (Å²) in [7, 11) is 0. The Balaban J connectivity index is 1.79. The van der Waals surface area contributed by atoms with Gasteiger partial charge in [0, 0.05) is 18.4 Å². The summed E-state index contributed by atoms with van der Waals surface area (Å²) >= 11 is 3.55. The maximum absolute atomic E-state index is 8.84. The van der Waals surface area contributed by atoms with Crippen molar-refractivity contribution < 1.29 is 5.11 Å². The van der Waals surface area contributed by atoms with Crippen molar-refractivity contribution in [1.29, 1.82) is 0 Å². The normalized spacial score (nSPS) is 39.7. The summed E-state index contributed by atoms with van der Waals surface area (Å²) in [4.78, 5) is 2.41. The highest BCUT2D eigenvalue weighted by Gasteiger charge is 2.47. The molecule has 76 valence electrons. The maximum atomic E-state index is 8.84. The zero-order valence-corrected chi connectivity index (χ0v) is 9.59. The summed E-state index contributed by atoms with van der Waals surface area (Å²) < 4.78 is 0. The second-order valence-corrected chi connectivity index (χ2v) is 5.33. The molecular weight excluding hydrogens is 230 g/mol. The lowest BCUT2D eigenvalue weighted by molar-refractivity contribution is 0.0754. The van der Waals surface area contributed by atoms with Crippen molar-refractivity contribution >= 4 is 15.9 Å². The highest BCUT2D eigenvalue weighted by molar-refractivity contribution is 9.09. The molecule has 3 heteroatoms. The molecule has 2 fully saturated rings. The predicted molar refractivity (Wildman–Crippen MR) is 57.1 cm³/mol. The van der Waals surface area contributed by atoms with Gasteiger partial charge in [0.2, 0.25) is 0 Å². The Morgan fingerprint density at radius 1 is 1.46 bits per heavy atom. The summed E-state index contributed by atoms with van der Waals surface area (Å²) in [6, 6.07) is 0. The fourth-order valence-electron chi connectivity index (χ4n) is 2.97. The van der Waals surface area contributed by atoms with Crippen LogP contribution in [0.3, 0.4) is 0 Å². The second-order valence-electron chi connectivity index (χ2n) is 4.68. The second kappa shape index (κ2) is 3.87. The Kier molecular flexibility index (Phi) is 2.96. The molecular formula is C10H18BrNO. The molecule has 0 bridgehead atoms. The topological polar surface area (TPSA) is 23.5 Å². The van der Waals surface area contributed by atoms with Gasteiger partial charge in [0.05, 0.1) is 6.61 Å². The molecule has 1 saturated heterocycles. The van der Waals surface area contributed by atoms with E-state index >= 15 is 0 Å². The highest BCUT2D eigenvalue weighted by Crippen LogP contribution is 2.51. The molecule has 0 amide bonds. The molecule has 0 radical (unpaired) electrons. The standard InChI is InChI=1S/C10H18BrNO/c11-7-9-5-10(6-9)1-2-12(8-10)3-4-13/h9,13H,1-8H2. The maximum Gasteiger partial charge on any atom is 0.0558 e. The van der Waals surface area contributed by atoms with E-state index in [9.17, 15) is 0 Å². The Labute approximate surface area is 88.4 Å². The van der Waals surface area contributed by atoms with Crippen molar-refractivity contribution in [1.82, 2.24) is 4.90 Å². The number of aliphatic hydroxyl groups is 1. The molecule has 0 atom stereocenters. The van der Waals surface area contributed by atoms with Crippen LogP contribution in [0.25, 0.3) is 0 Å². The average molecular weight is 248 g/mol. The van der Waals surface area contributed by atoms with E-state index in [-0.39, 0.29) is 0 Å². The van der Waals surface area contributed by atoms with Crippen LogP contribution in [-0.4, -0.2) is 41.6 Å². The first kappa shape index (κ1) is 9.94. The van der Waals surface area contributed by atoms with E-state index in [2.05, 4.69) is 20.8 Å². The number of rotatable bonds is 3. The molecule has 1 heterocycles. The van der Waals surface area contributed by atoms with Gasteiger partial charge >= 0.3 is 0 Å². The van der Waals surface area contributed by atoms with Crippen molar-refractivity contribution in [2.24, 2.45) is 11.3 Å². The third-order valence-electron chi connectivity index (χ3n) is 3.60. The van der Waals surface area contributed by atoms with Gasteiger partial charge in [-0.1, -0.05) is 15.9 Å². The van der Waals surface area contributed by atoms with Crippen LogP contribution in [0.5, 0.6) is 0 Å². The van der Waals surface area contributed by atoms with Gasteiger partial charge in [-0.2, -0.15) is 0 Å². The Morgan fingerprint density at radius 2 is 2.23 bits per heavy atom. The molecule has 0 aromatic heterocycles. The minimum atomic E-state index is 0.317. The van der Waals surface area contributed by atoms with Crippen LogP contribution in [0.15, 0.2) is 0 Å². The van der Waals surface area contributed by atoms with E-state index in [1.54, 1.807) is 0 Å². The van der Waals surface area contributed by atoms with Crippen LogP contribution in [0, 0.1) is 11.3 Å². The molecule has 1 aliphatic heterocycles. The SMILES string of the molecule is OCCN1CCC2(CC(CBr)C2)C1. The van der Waals surface area contributed by atoms with Crippen LogP contribution in [-0.2, 0) is 0 Å². The number of hydrogen-bond donors (Lipinski definition) is 1. The molecule has 1 N–H and O–H groups in total.